The van der Waals surface area contributed by atoms with E-state index in [1.807, 2.05) is 6.07 Å². The summed E-state index contributed by atoms with van der Waals surface area (Å²) in [6.07, 6.45) is 1.23. The Kier molecular flexibility index (Phi) is 3.35. The van der Waals surface area contributed by atoms with Gasteiger partial charge < -0.3 is 0 Å². The highest BCUT2D eigenvalue weighted by Crippen LogP contribution is 2.43. The summed E-state index contributed by atoms with van der Waals surface area (Å²) in [6, 6.07) is 3.59. The van der Waals surface area contributed by atoms with Gasteiger partial charge >= 0.3 is 0 Å². The average molecular weight is 268 g/mol. The summed E-state index contributed by atoms with van der Waals surface area (Å²) in [5, 5.41) is 16.5. The molecule has 0 aromatic carbocycles. The van der Waals surface area contributed by atoms with Crippen LogP contribution in [-0.2, 0) is 0 Å². The van der Waals surface area contributed by atoms with Crippen LogP contribution in [0.1, 0.15) is 0 Å². The molecule has 1 atom stereocenters. The zero-order valence-corrected chi connectivity index (χ0v) is 9.58. The zero-order chi connectivity index (χ0) is 10.9. The molecule has 0 heterocycles. The van der Waals surface area contributed by atoms with Gasteiger partial charge in [0.15, 0.2) is 4.33 Å². The number of rotatable bonds is 0. The molecule has 0 saturated heterocycles. The Balaban J connectivity index is 3.34. The molecule has 14 heavy (non-hydrogen) atoms. The van der Waals surface area contributed by atoms with Gasteiger partial charge in [0.2, 0.25) is 0 Å². The molecule has 1 aliphatic rings. The molecule has 0 aliphatic heterocycles. The second-order valence-corrected chi connectivity index (χ2v) is 4.74. The molecule has 6 heteroatoms. The lowest BCUT2D eigenvalue weighted by molar-refractivity contribution is 1.06. The summed E-state index contributed by atoms with van der Waals surface area (Å²) in [5.41, 5.74) is 0.134. The number of nitriles is 2. The molecule has 0 amide bonds. The van der Waals surface area contributed by atoms with Crippen LogP contribution in [0.2, 0.25) is 0 Å². The maximum absolute atomic E-state index is 8.75. The van der Waals surface area contributed by atoms with Crippen molar-refractivity contribution in [2.45, 2.75) is 9.71 Å². The second kappa shape index (κ2) is 4.01. The Labute approximate surface area is 101 Å². The summed E-state index contributed by atoms with van der Waals surface area (Å²) < 4.78 is -1.54. The first-order chi connectivity index (χ1) is 6.44. The molecule has 1 aliphatic carbocycles. The van der Waals surface area contributed by atoms with Crippen LogP contribution in [-0.4, -0.2) is 9.71 Å². The van der Waals surface area contributed by atoms with Crippen LogP contribution >= 0.6 is 46.4 Å². The van der Waals surface area contributed by atoms with Crippen LogP contribution in [0.15, 0.2) is 22.3 Å². The van der Waals surface area contributed by atoms with Gasteiger partial charge in [0.1, 0.15) is 5.38 Å². The van der Waals surface area contributed by atoms with Gasteiger partial charge in [-0.2, -0.15) is 10.5 Å². The van der Waals surface area contributed by atoms with Gasteiger partial charge in [-0.15, -0.1) is 11.6 Å². The van der Waals surface area contributed by atoms with Crippen LogP contribution in [0.5, 0.6) is 0 Å². The molecule has 72 valence electrons. The molecule has 0 radical (unpaired) electrons. The molecule has 2 nitrogen and oxygen atoms in total. The summed E-state index contributed by atoms with van der Waals surface area (Å²) in [4.78, 5) is 0. The van der Waals surface area contributed by atoms with E-state index >= 15 is 0 Å². The molecule has 0 aromatic rings. The van der Waals surface area contributed by atoms with E-state index in [1.165, 1.54) is 6.08 Å². The van der Waals surface area contributed by atoms with Crippen LogP contribution in [0.3, 0.4) is 0 Å². The quantitative estimate of drug-likeness (QED) is 0.633. The largest absolute Gasteiger partial charge is 0.193 e. The maximum atomic E-state index is 8.75. The van der Waals surface area contributed by atoms with Gasteiger partial charge in [-0.1, -0.05) is 34.8 Å². The lowest BCUT2D eigenvalue weighted by Crippen LogP contribution is -2.23. The topological polar surface area (TPSA) is 47.6 Å². The smallest absolute Gasteiger partial charge is 0.174 e. The van der Waals surface area contributed by atoms with Gasteiger partial charge in [-0.05, 0) is 6.08 Å². The van der Waals surface area contributed by atoms with Gasteiger partial charge in [-0.3, -0.25) is 0 Å². The van der Waals surface area contributed by atoms with E-state index < -0.39 is 9.71 Å². The Bertz CT molecular complexity index is 408. The van der Waals surface area contributed by atoms with Crippen LogP contribution < -0.4 is 0 Å². The number of halogens is 4. The molecule has 1 unspecified atom stereocenters. The average Bonchev–Trinajstić information content (AvgIpc) is 2.13. The lowest BCUT2D eigenvalue weighted by Gasteiger charge is -2.23. The molecule has 0 spiro atoms. The number of alkyl halides is 3. The van der Waals surface area contributed by atoms with Crippen molar-refractivity contribution in [3.8, 4) is 12.1 Å². The highest BCUT2D eigenvalue weighted by Gasteiger charge is 2.37. The highest BCUT2D eigenvalue weighted by atomic mass is 35.5. The third-order valence-corrected chi connectivity index (χ3v) is 3.39. The number of hydrogen-bond donors (Lipinski definition) is 0. The standard InChI is InChI=1S/C8H2Cl4N2/c9-6-4(2-13)1-8(11,12)7(10)5(6)3-14/h1,6H. The third-order valence-electron chi connectivity index (χ3n) is 1.64. The van der Waals surface area contributed by atoms with Crippen molar-refractivity contribution in [3.63, 3.8) is 0 Å². The fourth-order valence-electron chi connectivity index (χ4n) is 0.973. The Morgan fingerprint density at radius 3 is 2.29 bits per heavy atom. The third kappa shape index (κ3) is 1.85. The van der Waals surface area contributed by atoms with E-state index in [4.69, 9.17) is 56.9 Å². The van der Waals surface area contributed by atoms with Crippen molar-refractivity contribution < 1.29 is 0 Å². The lowest BCUT2D eigenvalue weighted by atomic mass is 9.98. The summed E-state index contributed by atoms with van der Waals surface area (Å²) in [7, 11) is 0. The van der Waals surface area contributed by atoms with E-state index in [9.17, 15) is 0 Å². The van der Waals surface area contributed by atoms with Crippen molar-refractivity contribution in [2.75, 3.05) is 0 Å². The normalized spacial score (nSPS) is 25.0. The van der Waals surface area contributed by atoms with Gasteiger partial charge in [-0.25, -0.2) is 0 Å². The summed E-state index contributed by atoms with van der Waals surface area (Å²) >= 11 is 23.1. The molecule has 0 bridgehead atoms. The van der Waals surface area contributed by atoms with Crippen molar-refractivity contribution >= 4 is 46.4 Å². The number of allylic oxidation sites excluding steroid dienone is 4. The fourth-order valence-corrected chi connectivity index (χ4v) is 1.94. The van der Waals surface area contributed by atoms with Crippen LogP contribution in [0.4, 0.5) is 0 Å². The van der Waals surface area contributed by atoms with Crippen molar-refractivity contribution in [1.82, 2.24) is 0 Å². The molecular formula is C8H2Cl4N2. The van der Waals surface area contributed by atoms with Crippen LogP contribution in [0, 0.1) is 22.7 Å². The van der Waals surface area contributed by atoms with E-state index in [0.29, 0.717) is 0 Å². The molecule has 0 N–H and O–H groups in total. The van der Waals surface area contributed by atoms with Gasteiger partial charge in [0.25, 0.3) is 0 Å². The van der Waals surface area contributed by atoms with Gasteiger partial charge in [0.05, 0.1) is 28.3 Å². The molecule has 1 rings (SSSR count). The second-order valence-electron chi connectivity index (χ2n) is 2.54. The van der Waals surface area contributed by atoms with E-state index in [0.717, 1.165) is 0 Å². The zero-order valence-electron chi connectivity index (χ0n) is 6.56. The van der Waals surface area contributed by atoms with Crippen molar-refractivity contribution in [2.24, 2.45) is 0 Å². The Morgan fingerprint density at radius 2 is 1.86 bits per heavy atom. The van der Waals surface area contributed by atoms with Crippen LogP contribution in [0.25, 0.3) is 0 Å². The monoisotopic (exact) mass is 266 g/mol. The van der Waals surface area contributed by atoms with E-state index in [-0.39, 0.29) is 16.2 Å². The first-order valence-electron chi connectivity index (χ1n) is 3.39. The van der Waals surface area contributed by atoms with E-state index in [2.05, 4.69) is 0 Å². The fraction of sp³-hybridized carbons (Fsp3) is 0.250. The first kappa shape index (κ1) is 11.7. The Hall–Kier alpha value is -0.380. The SMILES string of the molecule is N#CC1=CC(Cl)(Cl)C(Cl)=C(C#N)C1Cl. The maximum Gasteiger partial charge on any atom is 0.174 e. The predicted molar refractivity (Wildman–Crippen MR) is 56.3 cm³/mol. The number of hydrogen-bond acceptors (Lipinski definition) is 2. The molecular weight excluding hydrogens is 266 g/mol. The highest BCUT2D eigenvalue weighted by molar-refractivity contribution is 6.58. The molecule has 0 fully saturated rings. The van der Waals surface area contributed by atoms with Gasteiger partial charge in [0, 0.05) is 0 Å². The minimum Gasteiger partial charge on any atom is -0.193 e. The first-order valence-corrected chi connectivity index (χ1v) is 4.96. The minimum atomic E-state index is -1.54. The summed E-state index contributed by atoms with van der Waals surface area (Å²) in [6.45, 7) is 0. The molecule has 0 saturated carbocycles. The van der Waals surface area contributed by atoms with E-state index in [1.54, 1.807) is 6.07 Å². The summed E-state index contributed by atoms with van der Waals surface area (Å²) in [5.74, 6) is 0. The molecule has 0 aromatic heterocycles. The van der Waals surface area contributed by atoms with Crippen molar-refractivity contribution in [3.05, 3.63) is 22.3 Å². The number of nitrogens with zero attached hydrogens (tertiary/aromatic N) is 2. The predicted octanol–water partition coefficient (Wildman–Crippen LogP) is 3.25. The Morgan fingerprint density at radius 1 is 1.29 bits per heavy atom. The minimum absolute atomic E-state index is 0.0115. The van der Waals surface area contributed by atoms with Crippen molar-refractivity contribution in [1.29, 1.82) is 10.5 Å².